The molecule has 4 aromatic rings. The largest absolute Gasteiger partial charge is 0.462 e. The van der Waals surface area contributed by atoms with Crippen LogP contribution >= 0.6 is 23.2 Å². The van der Waals surface area contributed by atoms with E-state index in [1.165, 1.54) is 0 Å². The summed E-state index contributed by atoms with van der Waals surface area (Å²) < 4.78 is 7.06. The van der Waals surface area contributed by atoms with Crippen LogP contribution in [0.3, 0.4) is 0 Å². The van der Waals surface area contributed by atoms with Crippen LogP contribution in [0.4, 0.5) is 5.82 Å². The lowest BCUT2D eigenvalue weighted by Gasteiger charge is -2.09. The molecule has 0 spiro atoms. The second-order valence-electron chi connectivity index (χ2n) is 7.10. The van der Waals surface area contributed by atoms with Crippen molar-refractivity contribution < 1.29 is 9.53 Å². The minimum Gasteiger partial charge on any atom is -0.462 e. The Balaban J connectivity index is 2.03. The van der Waals surface area contributed by atoms with E-state index in [0.29, 0.717) is 37.9 Å². The zero-order valence-corrected chi connectivity index (χ0v) is 17.3. The topological polar surface area (TPSA) is 83.0 Å². The zero-order valence-electron chi connectivity index (χ0n) is 15.8. The second kappa shape index (κ2) is 7.54. The van der Waals surface area contributed by atoms with Crippen molar-refractivity contribution in [1.82, 2.24) is 14.5 Å². The van der Waals surface area contributed by atoms with Crippen LogP contribution in [0.5, 0.6) is 0 Å². The number of nitrogens with zero attached hydrogens (tertiary/aromatic N) is 3. The average Bonchev–Trinajstić information content (AvgIpc) is 2.94. The number of anilines is 1. The molecule has 0 amide bonds. The van der Waals surface area contributed by atoms with Crippen molar-refractivity contribution in [2.24, 2.45) is 5.92 Å². The monoisotopic (exact) mass is 428 g/mol. The summed E-state index contributed by atoms with van der Waals surface area (Å²) in [5.74, 6) is -0.188. The summed E-state index contributed by atoms with van der Waals surface area (Å²) in [6.45, 7) is 4.19. The molecule has 2 aromatic carbocycles. The molecule has 0 aliphatic rings. The molecule has 2 heterocycles. The summed E-state index contributed by atoms with van der Waals surface area (Å²) in [5.41, 5.74) is 9.29. The number of para-hydroxylation sites is 2. The Morgan fingerprint density at radius 1 is 1.10 bits per heavy atom. The quantitative estimate of drug-likeness (QED) is 0.447. The van der Waals surface area contributed by atoms with Gasteiger partial charge in [-0.2, -0.15) is 0 Å². The molecule has 0 saturated heterocycles. The summed E-state index contributed by atoms with van der Waals surface area (Å²) >= 11 is 12.4. The van der Waals surface area contributed by atoms with E-state index in [4.69, 9.17) is 38.7 Å². The normalized spacial score (nSPS) is 11.5. The predicted molar refractivity (Wildman–Crippen MR) is 116 cm³/mol. The number of carbonyl (C=O) groups is 1. The Morgan fingerprint density at radius 3 is 2.34 bits per heavy atom. The molecule has 8 heteroatoms. The molecular formula is C21H18Cl2N4O2. The minimum atomic E-state index is -0.544. The van der Waals surface area contributed by atoms with Gasteiger partial charge in [-0.05, 0) is 36.2 Å². The van der Waals surface area contributed by atoms with Crippen molar-refractivity contribution in [1.29, 1.82) is 0 Å². The summed E-state index contributed by atoms with van der Waals surface area (Å²) in [4.78, 5) is 22.2. The van der Waals surface area contributed by atoms with E-state index >= 15 is 0 Å². The van der Waals surface area contributed by atoms with Crippen LogP contribution in [-0.2, 0) is 4.74 Å². The molecule has 2 aromatic heterocycles. The van der Waals surface area contributed by atoms with Crippen LogP contribution in [0.2, 0.25) is 10.0 Å². The maximum atomic E-state index is 12.9. The van der Waals surface area contributed by atoms with E-state index in [1.807, 2.05) is 38.1 Å². The van der Waals surface area contributed by atoms with Crippen molar-refractivity contribution in [3.8, 4) is 5.69 Å². The number of nitrogen functional groups attached to an aromatic ring is 1. The maximum Gasteiger partial charge on any atom is 0.344 e. The van der Waals surface area contributed by atoms with Crippen LogP contribution in [0, 0.1) is 5.92 Å². The van der Waals surface area contributed by atoms with Crippen molar-refractivity contribution >= 4 is 57.2 Å². The first-order valence-electron chi connectivity index (χ1n) is 9.05. The lowest BCUT2D eigenvalue weighted by molar-refractivity contribution is 0.0462. The van der Waals surface area contributed by atoms with Gasteiger partial charge in [-0.3, -0.25) is 4.57 Å². The number of hydrogen-bond donors (Lipinski definition) is 1. The fraction of sp³-hybridized carbons (Fsp3) is 0.190. The summed E-state index contributed by atoms with van der Waals surface area (Å²) in [7, 11) is 0. The third-order valence-corrected chi connectivity index (χ3v) is 4.79. The Morgan fingerprint density at radius 2 is 1.72 bits per heavy atom. The van der Waals surface area contributed by atoms with Crippen molar-refractivity contribution in [3.05, 3.63) is 58.1 Å². The third-order valence-electron chi connectivity index (χ3n) is 4.36. The molecular weight excluding hydrogens is 411 g/mol. The van der Waals surface area contributed by atoms with Gasteiger partial charge in [-0.25, -0.2) is 14.8 Å². The fourth-order valence-electron chi connectivity index (χ4n) is 3.11. The molecule has 2 N–H and O–H groups in total. The SMILES string of the molecule is CC(C)COC(=O)c1c(N)n(-c2cc(Cl)cc(Cl)c2)c2nc3ccccc3nc12. The molecule has 6 nitrogen and oxygen atoms in total. The van der Waals surface area contributed by atoms with E-state index in [0.717, 1.165) is 0 Å². The highest BCUT2D eigenvalue weighted by molar-refractivity contribution is 6.35. The molecule has 148 valence electrons. The number of halogens is 2. The first kappa shape index (κ1) is 19.5. The van der Waals surface area contributed by atoms with Crippen LogP contribution < -0.4 is 5.73 Å². The van der Waals surface area contributed by atoms with E-state index in [1.54, 1.807) is 22.8 Å². The lowest BCUT2D eigenvalue weighted by atomic mass is 10.2. The van der Waals surface area contributed by atoms with Crippen LogP contribution in [0.25, 0.3) is 27.9 Å². The van der Waals surface area contributed by atoms with Gasteiger partial charge in [0.1, 0.15) is 16.9 Å². The molecule has 0 aliphatic heterocycles. The minimum absolute atomic E-state index is 0.169. The molecule has 0 radical (unpaired) electrons. The van der Waals surface area contributed by atoms with Gasteiger partial charge in [0.05, 0.1) is 23.3 Å². The molecule has 0 unspecified atom stereocenters. The Bertz CT molecular complexity index is 1230. The van der Waals surface area contributed by atoms with Gasteiger partial charge in [-0.15, -0.1) is 0 Å². The number of carbonyl (C=O) groups excluding carboxylic acids is 1. The van der Waals surface area contributed by atoms with Crippen molar-refractivity contribution in [3.63, 3.8) is 0 Å². The van der Waals surface area contributed by atoms with Crippen LogP contribution in [0.1, 0.15) is 24.2 Å². The van der Waals surface area contributed by atoms with Gasteiger partial charge < -0.3 is 10.5 Å². The number of esters is 1. The lowest BCUT2D eigenvalue weighted by Crippen LogP contribution is -2.12. The van der Waals surface area contributed by atoms with Gasteiger partial charge in [-0.1, -0.05) is 49.2 Å². The van der Waals surface area contributed by atoms with E-state index < -0.39 is 5.97 Å². The molecule has 0 atom stereocenters. The van der Waals surface area contributed by atoms with Gasteiger partial charge in [0.2, 0.25) is 0 Å². The standard InChI is InChI=1S/C21H18Cl2N4O2/c1-11(2)10-29-21(28)17-18-20(26-16-6-4-3-5-15(16)25-18)27(19(17)24)14-8-12(22)7-13(23)9-14/h3-9,11H,10,24H2,1-2H3. The van der Waals surface area contributed by atoms with E-state index in [9.17, 15) is 4.79 Å². The second-order valence-corrected chi connectivity index (χ2v) is 7.97. The van der Waals surface area contributed by atoms with E-state index in [-0.39, 0.29) is 23.9 Å². The van der Waals surface area contributed by atoms with Gasteiger partial charge in [0.25, 0.3) is 0 Å². The first-order chi connectivity index (χ1) is 13.8. The number of ether oxygens (including phenoxy) is 1. The van der Waals surface area contributed by atoms with Crippen molar-refractivity contribution in [2.45, 2.75) is 13.8 Å². The number of fused-ring (bicyclic) bond motifs is 2. The summed E-state index contributed by atoms with van der Waals surface area (Å²) in [5, 5.41) is 0.873. The molecule has 0 fully saturated rings. The average molecular weight is 429 g/mol. The van der Waals surface area contributed by atoms with Gasteiger partial charge >= 0.3 is 5.97 Å². The maximum absolute atomic E-state index is 12.9. The highest BCUT2D eigenvalue weighted by Gasteiger charge is 2.26. The number of nitrogens with two attached hydrogens (primary N) is 1. The smallest absolute Gasteiger partial charge is 0.344 e. The Labute approximate surface area is 177 Å². The highest BCUT2D eigenvalue weighted by atomic mass is 35.5. The molecule has 29 heavy (non-hydrogen) atoms. The number of hydrogen-bond acceptors (Lipinski definition) is 5. The molecule has 0 aliphatic carbocycles. The molecule has 0 saturated carbocycles. The highest BCUT2D eigenvalue weighted by Crippen LogP contribution is 2.33. The molecule has 4 rings (SSSR count). The van der Waals surface area contributed by atoms with Gasteiger partial charge in [0, 0.05) is 10.0 Å². The Hall–Kier alpha value is -2.83. The van der Waals surface area contributed by atoms with Gasteiger partial charge in [0.15, 0.2) is 5.65 Å². The third kappa shape index (κ3) is 3.61. The summed E-state index contributed by atoms with van der Waals surface area (Å²) in [6.07, 6.45) is 0. The number of aromatic nitrogens is 3. The fourth-order valence-corrected chi connectivity index (χ4v) is 3.62. The number of rotatable bonds is 4. The zero-order chi connectivity index (χ0) is 20.7. The molecule has 0 bridgehead atoms. The van der Waals surface area contributed by atoms with Crippen LogP contribution in [-0.4, -0.2) is 27.1 Å². The Kier molecular flexibility index (Phi) is 5.06. The number of benzene rings is 2. The van der Waals surface area contributed by atoms with Crippen LogP contribution in [0.15, 0.2) is 42.5 Å². The first-order valence-corrected chi connectivity index (χ1v) is 9.81. The van der Waals surface area contributed by atoms with Crippen molar-refractivity contribution in [2.75, 3.05) is 12.3 Å². The van der Waals surface area contributed by atoms with E-state index in [2.05, 4.69) is 4.98 Å². The summed E-state index contributed by atoms with van der Waals surface area (Å²) in [6, 6.07) is 12.4. The predicted octanol–water partition coefficient (Wildman–Crippen LogP) is 5.28.